The van der Waals surface area contributed by atoms with Crippen molar-refractivity contribution in [2.45, 2.75) is 33.2 Å². The van der Waals surface area contributed by atoms with Gasteiger partial charge in [-0.15, -0.1) is 5.10 Å². The first-order valence-corrected chi connectivity index (χ1v) is 5.72. The minimum absolute atomic E-state index is 0.219. The van der Waals surface area contributed by atoms with Gasteiger partial charge in [-0.1, -0.05) is 0 Å². The van der Waals surface area contributed by atoms with E-state index in [2.05, 4.69) is 5.10 Å². The first kappa shape index (κ1) is 14.2. The van der Waals surface area contributed by atoms with Gasteiger partial charge in [0.25, 0.3) is 5.56 Å². The second-order valence-corrected chi connectivity index (χ2v) is 4.73. The summed E-state index contributed by atoms with van der Waals surface area (Å²) in [7, 11) is 1.48. The van der Waals surface area contributed by atoms with Gasteiger partial charge in [-0.25, -0.2) is 4.68 Å². The Kier molecular flexibility index (Phi) is 4.47. The number of ether oxygens (including phenoxy) is 1. The van der Waals surface area contributed by atoms with Crippen molar-refractivity contribution < 1.29 is 14.6 Å². The van der Waals surface area contributed by atoms with E-state index in [1.165, 1.54) is 23.9 Å². The molecule has 1 rings (SSSR count). The second kappa shape index (κ2) is 5.66. The highest BCUT2D eigenvalue weighted by Crippen LogP contribution is 2.22. The minimum atomic E-state index is -0.839. The van der Waals surface area contributed by atoms with Crippen LogP contribution in [0.2, 0.25) is 0 Å². The fourth-order valence-corrected chi connectivity index (χ4v) is 1.48. The zero-order chi connectivity index (χ0) is 13.8. The van der Waals surface area contributed by atoms with Crippen molar-refractivity contribution in [2.75, 3.05) is 7.11 Å². The number of carbonyl (C=O) groups is 1. The molecule has 1 N–H and O–H groups in total. The lowest BCUT2D eigenvalue weighted by Crippen LogP contribution is -2.26. The molecular formula is C12H18N2O4. The number of nitrogens with zero attached hydrogens (tertiary/aromatic N) is 2. The van der Waals surface area contributed by atoms with Gasteiger partial charge in [0.1, 0.15) is 0 Å². The maximum Gasteiger partial charge on any atom is 0.309 e. The number of carboxylic acids is 1. The summed E-state index contributed by atoms with van der Waals surface area (Å²) in [5, 5.41) is 13.0. The van der Waals surface area contributed by atoms with E-state index in [9.17, 15) is 9.59 Å². The largest absolute Gasteiger partial charge is 0.481 e. The summed E-state index contributed by atoms with van der Waals surface area (Å²) in [5.74, 6) is -0.472. The highest BCUT2D eigenvalue weighted by atomic mass is 16.5. The molecule has 1 aromatic rings. The predicted molar refractivity (Wildman–Crippen MR) is 65.7 cm³/mol. The van der Waals surface area contributed by atoms with Crippen LogP contribution in [0.1, 0.15) is 26.7 Å². The van der Waals surface area contributed by atoms with E-state index in [0.717, 1.165) is 0 Å². The van der Waals surface area contributed by atoms with Crippen molar-refractivity contribution in [3.8, 4) is 5.88 Å². The first-order valence-electron chi connectivity index (χ1n) is 5.72. The second-order valence-electron chi connectivity index (χ2n) is 4.73. The molecule has 0 saturated heterocycles. The van der Waals surface area contributed by atoms with Crippen molar-refractivity contribution in [2.24, 2.45) is 5.41 Å². The Morgan fingerprint density at radius 2 is 2.17 bits per heavy atom. The fourth-order valence-electron chi connectivity index (χ4n) is 1.48. The molecule has 0 bridgehead atoms. The number of aromatic nitrogens is 2. The van der Waals surface area contributed by atoms with Gasteiger partial charge in [0, 0.05) is 18.7 Å². The maximum atomic E-state index is 11.5. The Labute approximate surface area is 105 Å². The van der Waals surface area contributed by atoms with Gasteiger partial charge in [-0.3, -0.25) is 9.59 Å². The van der Waals surface area contributed by atoms with E-state index in [1.54, 1.807) is 13.8 Å². The van der Waals surface area contributed by atoms with Gasteiger partial charge >= 0.3 is 5.97 Å². The number of carboxylic acid groups (broad SMARTS) is 1. The van der Waals surface area contributed by atoms with Gasteiger partial charge in [0.15, 0.2) is 0 Å². The van der Waals surface area contributed by atoms with Crippen molar-refractivity contribution >= 4 is 5.97 Å². The number of aliphatic carboxylic acids is 1. The predicted octanol–water partition coefficient (Wildman–Crippen LogP) is 1.14. The third-order valence-corrected chi connectivity index (χ3v) is 2.80. The Hall–Kier alpha value is -1.85. The average molecular weight is 254 g/mol. The van der Waals surface area contributed by atoms with E-state index < -0.39 is 11.4 Å². The van der Waals surface area contributed by atoms with Crippen LogP contribution in [-0.4, -0.2) is 28.0 Å². The van der Waals surface area contributed by atoms with Crippen molar-refractivity contribution in [3.05, 3.63) is 22.5 Å². The molecule has 0 radical (unpaired) electrons. The number of methoxy groups -OCH3 is 1. The third kappa shape index (κ3) is 3.58. The molecule has 0 saturated carbocycles. The summed E-state index contributed by atoms with van der Waals surface area (Å²) < 4.78 is 6.22. The van der Waals surface area contributed by atoms with Gasteiger partial charge in [-0.2, -0.15) is 0 Å². The number of hydrogen-bond acceptors (Lipinski definition) is 4. The summed E-state index contributed by atoms with van der Waals surface area (Å²) in [6.07, 6.45) is 1.05. The summed E-state index contributed by atoms with van der Waals surface area (Å²) in [4.78, 5) is 22.4. The van der Waals surface area contributed by atoms with Crippen molar-refractivity contribution in [1.29, 1.82) is 0 Å². The molecule has 18 heavy (non-hydrogen) atoms. The fraction of sp³-hybridized carbons (Fsp3) is 0.583. The van der Waals surface area contributed by atoms with Gasteiger partial charge in [0.2, 0.25) is 5.88 Å². The Balaban J connectivity index is 2.64. The number of aryl methyl sites for hydroxylation is 1. The van der Waals surface area contributed by atoms with Crippen LogP contribution in [-0.2, 0) is 11.3 Å². The Morgan fingerprint density at radius 1 is 1.50 bits per heavy atom. The molecule has 0 fully saturated rings. The highest BCUT2D eigenvalue weighted by molar-refractivity contribution is 5.73. The lowest BCUT2D eigenvalue weighted by Gasteiger charge is -2.18. The Bertz CT molecular complexity index is 479. The smallest absolute Gasteiger partial charge is 0.309 e. The highest BCUT2D eigenvalue weighted by Gasteiger charge is 2.26. The summed E-state index contributed by atoms with van der Waals surface area (Å²) in [6, 6.07) is 2.88. The summed E-state index contributed by atoms with van der Waals surface area (Å²) in [5.41, 5.74) is -1.01. The minimum Gasteiger partial charge on any atom is -0.481 e. The van der Waals surface area contributed by atoms with E-state index in [0.29, 0.717) is 25.3 Å². The molecule has 0 aliphatic carbocycles. The summed E-state index contributed by atoms with van der Waals surface area (Å²) in [6.45, 7) is 3.71. The molecule has 0 unspecified atom stereocenters. The maximum absolute atomic E-state index is 11.5. The monoisotopic (exact) mass is 254 g/mol. The van der Waals surface area contributed by atoms with Gasteiger partial charge < -0.3 is 9.84 Å². The van der Waals surface area contributed by atoms with Crippen LogP contribution < -0.4 is 10.3 Å². The van der Waals surface area contributed by atoms with Gasteiger partial charge in [0.05, 0.1) is 12.5 Å². The van der Waals surface area contributed by atoms with E-state index in [1.807, 2.05) is 0 Å². The molecule has 1 heterocycles. The quantitative estimate of drug-likeness (QED) is 0.823. The van der Waals surface area contributed by atoms with E-state index in [4.69, 9.17) is 9.84 Å². The molecule has 0 spiro atoms. The molecule has 6 heteroatoms. The average Bonchev–Trinajstić information content (AvgIpc) is 2.31. The molecule has 0 aromatic carbocycles. The zero-order valence-corrected chi connectivity index (χ0v) is 10.8. The topological polar surface area (TPSA) is 81.4 Å². The zero-order valence-electron chi connectivity index (χ0n) is 10.8. The molecule has 0 atom stereocenters. The first-order chi connectivity index (χ1) is 8.36. The molecule has 6 nitrogen and oxygen atoms in total. The molecular weight excluding hydrogens is 236 g/mol. The third-order valence-electron chi connectivity index (χ3n) is 2.80. The van der Waals surface area contributed by atoms with Crippen molar-refractivity contribution in [3.63, 3.8) is 0 Å². The molecule has 0 aliphatic heterocycles. The van der Waals surface area contributed by atoms with E-state index in [-0.39, 0.29) is 5.56 Å². The molecule has 1 aromatic heterocycles. The summed E-state index contributed by atoms with van der Waals surface area (Å²) >= 11 is 0. The van der Waals surface area contributed by atoms with Crippen LogP contribution in [0.4, 0.5) is 0 Å². The van der Waals surface area contributed by atoms with Crippen LogP contribution in [0, 0.1) is 5.41 Å². The van der Waals surface area contributed by atoms with Gasteiger partial charge in [-0.05, 0) is 26.7 Å². The van der Waals surface area contributed by atoms with E-state index >= 15 is 0 Å². The van der Waals surface area contributed by atoms with Crippen molar-refractivity contribution in [1.82, 2.24) is 9.78 Å². The van der Waals surface area contributed by atoms with Crippen LogP contribution in [0.15, 0.2) is 16.9 Å². The number of rotatable bonds is 6. The van der Waals surface area contributed by atoms with Crippen LogP contribution in [0.5, 0.6) is 5.88 Å². The molecule has 0 aliphatic rings. The van der Waals surface area contributed by atoms with Crippen LogP contribution in [0.25, 0.3) is 0 Å². The SMILES string of the molecule is COc1ccc(=O)n(CCCC(C)(C)C(=O)O)n1. The van der Waals surface area contributed by atoms with Crippen LogP contribution >= 0.6 is 0 Å². The van der Waals surface area contributed by atoms with Crippen LogP contribution in [0.3, 0.4) is 0 Å². The lowest BCUT2D eigenvalue weighted by molar-refractivity contribution is -0.147. The lowest BCUT2D eigenvalue weighted by atomic mass is 9.88. The standard InChI is InChI=1S/C12H18N2O4/c1-12(2,11(16)17)7-4-8-14-10(15)6-5-9(13-14)18-3/h5-6H,4,7-8H2,1-3H3,(H,16,17). The number of hydrogen-bond donors (Lipinski definition) is 1. The molecule has 100 valence electrons. The normalized spacial score (nSPS) is 11.3. The molecule has 0 amide bonds. The Morgan fingerprint density at radius 3 is 2.72 bits per heavy atom.